The summed E-state index contributed by atoms with van der Waals surface area (Å²) in [6, 6.07) is 0.694. The Labute approximate surface area is 109 Å². The van der Waals surface area contributed by atoms with Crippen molar-refractivity contribution in [3.05, 3.63) is 12.7 Å². The molecule has 0 aromatic carbocycles. The van der Waals surface area contributed by atoms with Crippen molar-refractivity contribution in [3.8, 4) is 0 Å². The quantitative estimate of drug-likeness (QED) is 0.404. The molecular formula is C16H33N. The van der Waals surface area contributed by atoms with Crippen molar-refractivity contribution in [2.75, 3.05) is 7.05 Å². The third-order valence-electron chi connectivity index (χ3n) is 3.79. The van der Waals surface area contributed by atoms with Crippen molar-refractivity contribution in [2.45, 2.75) is 71.8 Å². The Balaban J connectivity index is 3.85. The van der Waals surface area contributed by atoms with Crippen LogP contribution in [-0.2, 0) is 0 Å². The van der Waals surface area contributed by atoms with E-state index in [-0.39, 0.29) is 0 Å². The summed E-state index contributed by atoms with van der Waals surface area (Å²) in [5.74, 6) is 1.67. The fourth-order valence-electron chi connectivity index (χ4n) is 2.78. The second kappa shape index (κ2) is 10.8. The van der Waals surface area contributed by atoms with Gasteiger partial charge in [-0.15, -0.1) is 6.58 Å². The maximum Gasteiger partial charge on any atom is 0.00897 e. The highest BCUT2D eigenvalue weighted by Crippen LogP contribution is 2.22. The van der Waals surface area contributed by atoms with Gasteiger partial charge in [-0.3, -0.25) is 0 Å². The van der Waals surface area contributed by atoms with Crippen LogP contribution >= 0.6 is 0 Å². The summed E-state index contributed by atoms with van der Waals surface area (Å²) in [4.78, 5) is 0. The van der Waals surface area contributed by atoms with Gasteiger partial charge in [-0.25, -0.2) is 0 Å². The summed E-state index contributed by atoms with van der Waals surface area (Å²) < 4.78 is 0. The maximum absolute atomic E-state index is 3.78. The highest BCUT2D eigenvalue weighted by atomic mass is 14.9. The van der Waals surface area contributed by atoms with Crippen molar-refractivity contribution in [1.82, 2.24) is 5.32 Å². The van der Waals surface area contributed by atoms with Gasteiger partial charge >= 0.3 is 0 Å². The van der Waals surface area contributed by atoms with E-state index in [1.54, 1.807) is 0 Å². The topological polar surface area (TPSA) is 12.0 Å². The third-order valence-corrected chi connectivity index (χ3v) is 3.79. The Morgan fingerprint density at radius 1 is 1.18 bits per heavy atom. The van der Waals surface area contributed by atoms with E-state index in [4.69, 9.17) is 0 Å². The summed E-state index contributed by atoms with van der Waals surface area (Å²) in [7, 11) is 2.11. The molecule has 102 valence electrons. The molecule has 17 heavy (non-hydrogen) atoms. The largest absolute Gasteiger partial charge is 0.317 e. The van der Waals surface area contributed by atoms with Crippen LogP contribution in [0.4, 0.5) is 0 Å². The van der Waals surface area contributed by atoms with E-state index in [0.717, 1.165) is 18.3 Å². The van der Waals surface area contributed by atoms with Crippen LogP contribution < -0.4 is 5.32 Å². The molecule has 3 atom stereocenters. The molecule has 0 aliphatic carbocycles. The molecule has 0 aromatic heterocycles. The van der Waals surface area contributed by atoms with Crippen molar-refractivity contribution in [1.29, 1.82) is 0 Å². The number of rotatable bonds is 11. The number of unbranched alkanes of at least 4 members (excludes halogenated alkanes) is 2. The first-order valence-electron chi connectivity index (χ1n) is 7.43. The van der Waals surface area contributed by atoms with Crippen molar-refractivity contribution in [2.24, 2.45) is 11.8 Å². The van der Waals surface area contributed by atoms with Gasteiger partial charge < -0.3 is 5.32 Å². The van der Waals surface area contributed by atoms with E-state index in [2.05, 4.69) is 39.7 Å². The molecule has 0 radical (unpaired) electrons. The summed E-state index contributed by atoms with van der Waals surface area (Å²) >= 11 is 0. The van der Waals surface area contributed by atoms with Crippen LogP contribution in [0.1, 0.15) is 65.7 Å². The van der Waals surface area contributed by atoms with E-state index in [0.29, 0.717) is 6.04 Å². The van der Waals surface area contributed by atoms with Crippen LogP contribution in [0.15, 0.2) is 12.7 Å². The van der Waals surface area contributed by atoms with E-state index < -0.39 is 0 Å². The normalized spacial score (nSPS) is 16.5. The maximum atomic E-state index is 3.78. The van der Waals surface area contributed by atoms with Crippen molar-refractivity contribution in [3.63, 3.8) is 0 Å². The average molecular weight is 239 g/mol. The van der Waals surface area contributed by atoms with Crippen LogP contribution in [0.25, 0.3) is 0 Å². The first-order valence-corrected chi connectivity index (χ1v) is 7.43. The second-order valence-electron chi connectivity index (χ2n) is 5.58. The second-order valence-corrected chi connectivity index (χ2v) is 5.58. The minimum absolute atomic E-state index is 0.694. The molecule has 0 aliphatic rings. The highest BCUT2D eigenvalue weighted by molar-refractivity contribution is 4.75. The zero-order chi connectivity index (χ0) is 13.1. The van der Waals surface area contributed by atoms with Gasteiger partial charge in [0.1, 0.15) is 0 Å². The zero-order valence-corrected chi connectivity index (χ0v) is 12.5. The molecule has 1 nitrogen and oxygen atoms in total. The summed E-state index contributed by atoms with van der Waals surface area (Å²) in [5, 5.41) is 3.50. The molecular weight excluding hydrogens is 206 g/mol. The summed E-state index contributed by atoms with van der Waals surface area (Å²) in [6.45, 7) is 10.9. The lowest BCUT2D eigenvalue weighted by atomic mass is 9.87. The van der Waals surface area contributed by atoms with Gasteiger partial charge in [0.25, 0.3) is 0 Å². The van der Waals surface area contributed by atoms with E-state index in [1.807, 2.05) is 6.08 Å². The van der Waals surface area contributed by atoms with Crippen LogP contribution in [0.5, 0.6) is 0 Å². The molecule has 0 saturated carbocycles. The minimum atomic E-state index is 0.694. The van der Waals surface area contributed by atoms with Gasteiger partial charge in [0.05, 0.1) is 0 Å². The lowest BCUT2D eigenvalue weighted by Gasteiger charge is -2.26. The summed E-state index contributed by atoms with van der Waals surface area (Å²) in [6.07, 6.45) is 11.2. The first-order chi connectivity index (χ1) is 8.15. The van der Waals surface area contributed by atoms with Crippen LogP contribution in [0, 0.1) is 11.8 Å². The Morgan fingerprint density at radius 3 is 2.41 bits per heavy atom. The fourth-order valence-corrected chi connectivity index (χ4v) is 2.78. The van der Waals surface area contributed by atoms with Gasteiger partial charge in [-0.1, -0.05) is 46.1 Å². The molecule has 0 rings (SSSR count). The van der Waals surface area contributed by atoms with Crippen molar-refractivity contribution >= 4 is 0 Å². The predicted molar refractivity (Wildman–Crippen MR) is 79.4 cm³/mol. The van der Waals surface area contributed by atoms with Gasteiger partial charge in [-0.2, -0.15) is 0 Å². The SMILES string of the molecule is C=CCCCC[C@@H](NC)C(C)CC(C)CCC. The predicted octanol–water partition coefficient (Wildman–Crippen LogP) is 4.78. The van der Waals surface area contributed by atoms with E-state index in [1.165, 1.54) is 38.5 Å². The van der Waals surface area contributed by atoms with Crippen LogP contribution in [0.2, 0.25) is 0 Å². The highest BCUT2D eigenvalue weighted by Gasteiger charge is 2.17. The van der Waals surface area contributed by atoms with Gasteiger partial charge in [0.2, 0.25) is 0 Å². The molecule has 0 saturated heterocycles. The fraction of sp³-hybridized carbons (Fsp3) is 0.875. The number of hydrogen-bond donors (Lipinski definition) is 1. The number of nitrogens with one attached hydrogen (secondary N) is 1. The Bertz CT molecular complexity index is 176. The molecule has 0 heterocycles. The molecule has 0 spiro atoms. The number of hydrogen-bond acceptors (Lipinski definition) is 1. The lowest BCUT2D eigenvalue weighted by molar-refractivity contribution is 0.299. The average Bonchev–Trinajstić information content (AvgIpc) is 2.29. The zero-order valence-electron chi connectivity index (χ0n) is 12.5. The Kier molecular flexibility index (Phi) is 10.6. The van der Waals surface area contributed by atoms with Crippen LogP contribution in [0.3, 0.4) is 0 Å². The molecule has 0 amide bonds. The molecule has 1 N–H and O–H groups in total. The monoisotopic (exact) mass is 239 g/mol. The first kappa shape index (κ1) is 16.7. The third kappa shape index (κ3) is 8.43. The number of allylic oxidation sites excluding steroid dienone is 1. The molecule has 0 aliphatic heterocycles. The van der Waals surface area contributed by atoms with Crippen LogP contribution in [-0.4, -0.2) is 13.1 Å². The van der Waals surface area contributed by atoms with Gasteiger partial charge in [-0.05, 0) is 44.6 Å². The molecule has 0 aromatic rings. The van der Waals surface area contributed by atoms with Gasteiger partial charge in [0.15, 0.2) is 0 Å². The Hall–Kier alpha value is -0.300. The molecule has 1 heteroatoms. The molecule has 0 bridgehead atoms. The minimum Gasteiger partial charge on any atom is -0.317 e. The summed E-state index contributed by atoms with van der Waals surface area (Å²) in [5.41, 5.74) is 0. The molecule has 2 unspecified atom stereocenters. The smallest absolute Gasteiger partial charge is 0.00897 e. The van der Waals surface area contributed by atoms with E-state index in [9.17, 15) is 0 Å². The van der Waals surface area contributed by atoms with Crippen molar-refractivity contribution < 1.29 is 0 Å². The lowest BCUT2D eigenvalue weighted by Crippen LogP contribution is -2.33. The van der Waals surface area contributed by atoms with E-state index >= 15 is 0 Å². The Morgan fingerprint density at radius 2 is 1.88 bits per heavy atom. The molecule has 0 fully saturated rings. The standard InChI is InChI=1S/C16H33N/c1-6-8-9-10-12-16(17-5)15(4)13-14(3)11-7-2/h6,14-17H,1,7-13H2,2-5H3/t14?,15?,16-/m1/s1. The van der Waals surface area contributed by atoms with Gasteiger partial charge in [0, 0.05) is 6.04 Å².